The van der Waals surface area contributed by atoms with E-state index >= 15 is 0 Å². The summed E-state index contributed by atoms with van der Waals surface area (Å²) in [5, 5.41) is 0. The lowest BCUT2D eigenvalue weighted by Crippen LogP contribution is -2.01. The molecule has 3 rings (SSSR count). The van der Waals surface area contributed by atoms with Crippen LogP contribution in [0, 0.1) is 0 Å². The normalized spacial score (nSPS) is 15.5. The van der Waals surface area contributed by atoms with Gasteiger partial charge < -0.3 is 9.47 Å². The third-order valence-corrected chi connectivity index (χ3v) is 4.34. The molecule has 0 unspecified atom stereocenters. The van der Waals surface area contributed by atoms with Crippen LogP contribution < -0.4 is 4.74 Å². The molecule has 0 saturated carbocycles. The fraction of sp³-hybridized carbons (Fsp3) is 0.100. The standard InChI is InChI=1S/C20H17NO3S/c1-23-18-6-4-3-5-15(18)9-12-19-21-17(20(22)24-19)13-14-7-10-16(25-2)11-8-14/h3-13H,1-2H3/b12-9+,17-13-. The monoisotopic (exact) mass is 351 g/mol. The Hall–Kier alpha value is -2.79. The number of esters is 1. The molecule has 5 heteroatoms. The highest BCUT2D eigenvalue weighted by atomic mass is 32.2. The second-order valence-corrected chi connectivity index (χ2v) is 6.10. The molecule has 0 radical (unpaired) electrons. The van der Waals surface area contributed by atoms with Crippen LogP contribution in [0.25, 0.3) is 12.2 Å². The Balaban J connectivity index is 1.79. The molecular formula is C20H17NO3S. The summed E-state index contributed by atoms with van der Waals surface area (Å²) in [6.07, 6.45) is 7.21. The van der Waals surface area contributed by atoms with Gasteiger partial charge >= 0.3 is 5.97 Å². The Labute approximate surface area is 150 Å². The van der Waals surface area contributed by atoms with E-state index < -0.39 is 5.97 Å². The molecule has 1 aliphatic heterocycles. The van der Waals surface area contributed by atoms with Gasteiger partial charge in [0.05, 0.1) is 7.11 Å². The third kappa shape index (κ3) is 4.19. The van der Waals surface area contributed by atoms with Crippen LogP contribution >= 0.6 is 11.8 Å². The molecule has 1 aliphatic rings. The molecule has 0 N–H and O–H groups in total. The number of methoxy groups -OCH3 is 1. The van der Waals surface area contributed by atoms with Gasteiger partial charge in [-0.25, -0.2) is 9.79 Å². The molecule has 2 aromatic carbocycles. The van der Waals surface area contributed by atoms with Crippen molar-refractivity contribution in [1.29, 1.82) is 0 Å². The molecule has 0 spiro atoms. The number of ether oxygens (including phenoxy) is 2. The van der Waals surface area contributed by atoms with Gasteiger partial charge in [0.2, 0.25) is 5.90 Å². The average molecular weight is 351 g/mol. The molecule has 2 aromatic rings. The van der Waals surface area contributed by atoms with E-state index in [1.54, 1.807) is 37.1 Å². The number of nitrogens with zero attached hydrogens (tertiary/aromatic N) is 1. The Bertz CT molecular complexity index is 867. The van der Waals surface area contributed by atoms with Crippen LogP contribution in [0.2, 0.25) is 0 Å². The highest BCUT2D eigenvalue weighted by Crippen LogP contribution is 2.21. The first-order valence-electron chi connectivity index (χ1n) is 7.67. The quantitative estimate of drug-likeness (QED) is 0.454. The highest BCUT2D eigenvalue weighted by Gasteiger charge is 2.21. The van der Waals surface area contributed by atoms with E-state index in [0.717, 1.165) is 16.9 Å². The summed E-state index contributed by atoms with van der Waals surface area (Å²) in [6, 6.07) is 15.5. The number of para-hydroxylation sites is 1. The minimum atomic E-state index is -0.450. The molecule has 0 atom stereocenters. The molecule has 126 valence electrons. The van der Waals surface area contributed by atoms with Crippen LogP contribution in [-0.2, 0) is 9.53 Å². The third-order valence-electron chi connectivity index (χ3n) is 3.60. The van der Waals surface area contributed by atoms with Gasteiger partial charge in [-0.1, -0.05) is 30.3 Å². The van der Waals surface area contributed by atoms with Gasteiger partial charge in [0.1, 0.15) is 5.75 Å². The maximum Gasteiger partial charge on any atom is 0.363 e. The fourth-order valence-electron chi connectivity index (χ4n) is 2.32. The predicted octanol–water partition coefficient (Wildman–Crippen LogP) is 4.43. The zero-order chi connectivity index (χ0) is 17.6. The SMILES string of the molecule is COc1ccccc1/C=C/C1=NC(=C\c2ccc(SC)cc2)/C(=O)O1. The van der Waals surface area contributed by atoms with Crippen LogP contribution in [0.1, 0.15) is 11.1 Å². The lowest BCUT2D eigenvalue weighted by molar-refractivity contribution is -0.129. The second-order valence-electron chi connectivity index (χ2n) is 5.22. The summed E-state index contributed by atoms with van der Waals surface area (Å²) in [5.74, 6) is 0.560. The summed E-state index contributed by atoms with van der Waals surface area (Å²) in [6.45, 7) is 0. The molecule has 25 heavy (non-hydrogen) atoms. The zero-order valence-electron chi connectivity index (χ0n) is 13.9. The molecule has 4 nitrogen and oxygen atoms in total. The van der Waals surface area contributed by atoms with Gasteiger partial charge in [-0.2, -0.15) is 0 Å². The van der Waals surface area contributed by atoms with Crippen LogP contribution in [0.5, 0.6) is 5.75 Å². The molecular weight excluding hydrogens is 334 g/mol. The lowest BCUT2D eigenvalue weighted by atomic mass is 10.2. The van der Waals surface area contributed by atoms with Crippen LogP contribution in [0.15, 0.2) is 70.2 Å². The Morgan fingerprint density at radius 2 is 1.84 bits per heavy atom. The van der Waals surface area contributed by atoms with Gasteiger partial charge in [0.15, 0.2) is 5.70 Å². The van der Waals surface area contributed by atoms with Crippen molar-refractivity contribution in [1.82, 2.24) is 0 Å². The molecule has 0 fully saturated rings. The van der Waals surface area contributed by atoms with Crippen molar-refractivity contribution in [2.45, 2.75) is 4.90 Å². The largest absolute Gasteiger partial charge is 0.496 e. The van der Waals surface area contributed by atoms with Crippen molar-refractivity contribution in [3.05, 3.63) is 71.4 Å². The molecule has 0 aromatic heterocycles. The average Bonchev–Trinajstić information content (AvgIpc) is 3.00. The predicted molar refractivity (Wildman–Crippen MR) is 102 cm³/mol. The van der Waals surface area contributed by atoms with Gasteiger partial charge in [0.25, 0.3) is 0 Å². The van der Waals surface area contributed by atoms with Crippen molar-refractivity contribution in [2.75, 3.05) is 13.4 Å². The number of aliphatic imine (C=N–C) groups is 1. The first kappa shape index (κ1) is 17.0. The number of hydrogen-bond acceptors (Lipinski definition) is 5. The van der Waals surface area contributed by atoms with E-state index in [4.69, 9.17) is 9.47 Å². The summed E-state index contributed by atoms with van der Waals surface area (Å²) in [5.41, 5.74) is 2.08. The Morgan fingerprint density at radius 1 is 1.08 bits per heavy atom. The molecule has 1 heterocycles. The van der Waals surface area contributed by atoms with E-state index in [0.29, 0.717) is 0 Å². The summed E-state index contributed by atoms with van der Waals surface area (Å²) >= 11 is 1.67. The second kappa shape index (κ2) is 7.85. The lowest BCUT2D eigenvalue weighted by Gasteiger charge is -2.02. The van der Waals surface area contributed by atoms with Gasteiger partial charge in [-0.3, -0.25) is 0 Å². The van der Waals surface area contributed by atoms with Crippen LogP contribution in [0.3, 0.4) is 0 Å². The number of cyclic esters (lactones) is 1. The first-order valence-corrected chi connectivity index (χ1v) is 8.90. The molecule has 0 amide bonds. The Morgan fingerprint density at radius 3 is 2.56 bits per heavy atom. The van der Waals surface area contributed by atoms with Crippen molar-refractivity contribution in [3.8, 4) is 5.75 Å². The van der Waals surface area contributed by atoms with Crippen molar-refractivity contribution < 1.29 is 14.3 Å². The summed E-state index contributed by atoms with van der Waals surface area (Å²) in [4.78, 5) is 17.4. The number of rotatable bonds is 5. The maximum absolute atomic E-state index is 12.0. The summed E-state index contributed by atoms with van der Waals surface area (Å²) in [7, 11) is 1.61. The van der Waals surface area contributed by atoms with Crippen molar-refractivity contribution >= 4 is 35.8 Å². The number of benzene rings is 2. The first-order chi connectivity index (χ1) is 12.2. The van der Waals surface area contributed by atoms with Crippen LogP contribution in [-0.4, -0.2) is 25.2 Å². The van der Waals surface area contributed by atoms with E-state index in [1.165, 1.54) is 4.90 Å². The Kier molecular flexibility index (Phi) is 5.36. The molecule has 0 saturated heterocycles. The van der Waals surface area contributed by atoms with E-state index in [1.807, 2.05) is 54.8 Å². The number of carbonyl (C=O) groups excluding carboxylic acids is 1. The van der Waals surface area contributed by atoms with Gasteiger partial charge in [-0.05, 0) is 42.2 Å². The van der Waals surface area contributed by atoms with Crippen LogP contribution in [0.4, 0.5) is 0 Å². The number of carbonyl (C=O) groups is 1. The minimum absolute atomic E-state index is 0.267. The van der Waals surface area contributed by atoms with E-state index in [-0.39, 0.29) is 11.6 Å². The van der Waals surface area contributed by atoms with E-state index in [2.05, 4.69) is 4.99 Å². The smallest absolute Gasteiger partial charge is 0.363 e. The van der Waals surface area contributed by atoms with Crippen molar-refractivity contribution in [3.63, 3.8) is 0 Å². The molecule has 0 bridgehead atoms. The van der Waals surface area contributed by atoms with E-state index in [9.17, 15) is 4.79 Å². The van der Waals surface area contributed by atoms with Crippen molar-refractivity contribution in [2.24, 2.45) is 4.99 Å². The summed E-state index contributed by atoms with van der Waals surface area (Å²) < 4.78 is 10.5. The number of thioether (sulfide) groups is 1. The maximum atomic E-state index is 12.0. The zero-order valence-corrected chi connectivity index (χ0v) is 14.7. The van der Waals surface area contributed by atoms with Gasteiger partial charge in [0, 0.05) is 16.5 Å². The number of hydrogen-bond donors (Lipinski definition) is 0. The highest BCUT2D eigenvalue weighted by molar-refractivity contribution is 7.98. The molecule has 0 aliphatic carbocycles. The fourth-order valence-corrected chi connectivity index (χ4v) is 2.73. The minimum Gasteiger partial charge on any atom is -0.496 e. The van der Waals surface area contributed by atoms with Gasteiger partial charge in [-0.15, -0.1) is 11.8 Å². The topological polar surface area (TPSA) is 47.9 Å².